The van der Waals surface area contributed by atoms with E-state index in [1.54, 1.807) is 12.1 Å². The Morgan fingerprint density at radius 1 is 1.26 bits per heavy atom. The Balaban J connectivity index is 1.66. The minimum absolute atomic E-state index is 0.236. The number of aromatic nitrogens is 1. The molecule has 0 unspecified atom stereocenters. The molecule has 0 bridgehead atoms. The fourth-order valence-electron chi connectivity index (χ4n) is 2.95. The SMILES string of the molecule is Nc1nc(-c2ccc(O)o2)c(C(=O)c2ccc(N3CCOCC3)c(Cl)c2)s1. The first-order valence-corrected chi connectivity index (χ1v) is 9.45. The highest BCUT2D eigenvalue weighted by Crippen LogP contribution is 2.35. The number of aromatic hydroxyl groups is 1. The van der Waals surface area contributed by atoms with Gasteiger partial charge in [0.1, 0.15) is 10.6 Å². The second kappa shape index (κ2) is 7.22. The summed E-state index contributed by atoms with van der Waals surface area (Å²) in [5.74, 6) is -0.238. The number of nitrogens with zero attached hydrogens (tertiary/aromatic N) is 2. The van der Waals surface area contributed by atoms with E-state index >= 15 is 0 Å². The number of furan rings is 1. The summed E-state index contributed by atoms with van der Waals surface area (Å²) in [6.07, 6.45) is 0. The molecule has 0 spiro atoms. The second-order valence-corrected chi connectivity index (χ2v) is 7.40. The molecule has 0 amide bonds. The van der Waals surface area contributed by atoms with Crippen molar-refractivity contribution in [2.24, 2.45) is 0 Å². The van der Waals surface area contributed by atoms with Crippen LogP contribution in [-0.4, -0.2) is 42.2 Å². The van der Waals surface area contributed by atoms with Crippen molar-refractivity contribution in [3.63, 3.8) is 0 Å². The second-order valence-electron chi connectivity index (χ2n) is 5.96. The van der Waals surface area contributed by atoms with Crippen LogP contribution in [0.2, 0.25) is 5.02 Å². The quantitative estimate of drug-likeness (QED) is 0.641. The van der Waals surface area contributed by atoms with Gasteiger partial charge in [-0.1, -0.05) is 22.9 Å². The van der Waals surface area contributed by atoms with Crippen LogP contribution in [0.3, 0.4) is 0 Å². The summed E-state index contributed by atoms with van der Waals surface area (Å²) in [4.78, 5) is 19.6. The number of rotatable bonds is 4. The maximum atomic E-state index is 13.0. The summed E-state index contributed by atoms with van der Waals surface area (Å²) >= 11 is 7.50. The van der Waals surface area contributed by atoms with Crippen molar-refractivity contribution in [1.82, 2.24) is 4.98 Å². The maximum absolute atomic E-state index is 13.0. The summed E-state index contributed by atoms with van der Waals surface area (Å²) < 4.78 is 10.5. The molecule has 3 heterocycles. The molecule has 7 nitrogen and oxygen atoms in total. The van der Waals surface area contributed by atoms with Crippen LogP contribution in [-0.2, 0) is 4.74 Å². The standard InChI is InChI=1S/C18H16ClN3O4S/c19-11-9-10(1-2-12(11)22-5-7-25-8-6-22)16(24)17-15(21-18(20)27-17)13-3-4-14(23)26-13/h1-4,9,23H,5-8H2,(H2,20,21). The van der Waals surface area contributed by atoms with Gasteiger partial charge in [0.25, 0.3) is 5.95 Å². The van der Waals surface area contributed by atoms with Crippen molar-refractivity contribution >= 4 is 39.5 Å². The van der Waals surface area contributed by atoms with E-state index in [0.717, 1.165) is 30.1 Å². The lowest BCUT2D eigenvalue weighted by atomic mass is 10.1. The molecule has 1 aliphatic heterocycles. The molecule has 1 aliphatic rings. The fourth-order valence-corrected chi connectivity index (χ4v) is 4.05. The highest BCUT2D eigenvalue weighted by Gasteiger charge is 2.23. The molecule has 9 heteroatoms. The van der Waals surface area contributed by atoms with E-state index in [-0.39, 0.29) is 22.6 Å². The van der Waals surface area contributed by atoms with Crippen molar-refractivity contribution in [2.45, 2.75) is 0 Å². The largest absolute Gasteiger partial charge is 0.481 e. The summed E-state index contributed by atoms with van der Waals surface area (Å²) in [6.45, 7) is 2.81. The summed E-state index contributed by atoms with van der Waals surface area (Å²) in [5, 5.41) is 10.2. The van der Waals surface area contributed by atoms with Crippen LogP contribution in [0, 0.1) is 0 Å². The molecule has 4 rings (SSSR count). The number of anilines is 2. The Hall–Kier alpha value is -2.55. The van der Waals surface area contributed by atoms with Crippen LogP contribution in [0.1, 0.15) is 15.2 Å². The number of benzene rings is 1. The van der Waals surface area contributed by atoms with Gasteiger partial charge >= 0.3 is 0 Å². The molecule has 27 heavy (non-hydrogen) atoms. The van der Waals surface area contributed by atoms with Gasteiger partial charge in [0.05, 0.1) is 23.9 Å². The van der Waals surface area contributed by atoms with E-state index in [9.17, 15) is 9.90 Å². The predicted molar refractivity (Wildman–Crippen MR) is 104 cm³/mol. The molecular formula is C18H16ClN3O4S. The molecule has 0 saturated carbocycles. The van der Waals surface area contributed by atoms with E-state index in [4.69, 9.17) is 26.5 Å². The van der Waals surface area contributed by atoms with Gasteiger partial charge in [-0.05, 0) is 24.3 Å². The zero-order valence-electron chi connectivity index (χ0n) is 14.1. The smallest absolute Gasteiger partial charge is 0.282 e. The molecular weight excluding hydrogens is 390 g/mol. The van der Waals surface area contributed by atoms with Crippen LogP contribution in [0.15, 0.2) is 34.7 Å². The van der Waals surface area contributed by atoms with Crippen LogP contribution >= 0.6 is 22.9 Å². The summed E-state index contributed by atoms with van der Waals surface area (Å²) in [6, 6.07) is 8.14. The molecule has 1 fully saturated rings. The fraction of sp³-hybridized carbons (Fsp3) is 0.222. The number of halogens is 1. The van der Waals surface area contributed by atoms with E-state index in [1.165, 1.54) is 12.1 Å². The molecule has 2 aromatic heterocycles. The zero-order valence-corrected chi connectivity index (χ0v) is 15.7. The lowest BCUT2D eigenvalue weighted by Gasteiger charge is -2.29. The van der Waals surface area contributed by atoms with E-state index in [0.29, 0.717) is 34.4 Å². The number of nitrogen functional groups attached to an aromatic ring is 1. The number of hydrogen-bond acceptors (Lipinski definition) is 8. The minimum atomic E-state index is -0.259. The summed E-state index contributed by atoms with van der Waals surface area (Å²) in [5.41, 5.74) is 7.40. The van der Waals surface area contributed by atoms with Gasteiger partial charge in [0.15, 0.2) is 10.9 Å². The molecule has 1 saturated heterocycles. The van der Waals surface area contributed by atoms with Crippen molar-refractivity contribution < 1.29 is 19.1 Å². The van der Waals surface area contributed by atoms with E-state index in [2.05, 4.69) is 9.88 Å². The molecule has 3 aromatic rings. The number of morpholine rings is 1. The van der Waals surface area contributed by atoms with Crippen LogP contribution in [0.4, 0.5) is 10.8 Å². The highest BCUT2D eigenvalue weighted by molar-refractivity contribution is 7.18. The van der Waals surface area contributed by atoms with Gasteiger partial charge in [0.2, 0.25) is 5.78 Å². The van der Waals surface area contributed by atoms with E-state index in [1.807, 2.05) is 6.07 Å². The molecule has 140 valence electrons. The third-order valence-corrected chi connectivity index (χ3v) is 5.42. The minimum Gasteiger partial charge on any atom is -0.481 e. The van der Waals surface area contributed by atoms with Crippen molar-refractivity contribution in [3.05, 3.63) is 45.8 Å². The third kappa shape index (κ3) is 3.51. The monoisotopic (exact) mass is 405 g/mol. The van der Waals surface area contributed by atoms with Gasteiger partial charge in [-0.15, -0.1) is 0 Å². The first-order valence-electron chi connectivity index (χ1n) is 8.25. The van der Waals surface area contributed by atoms with Crippen molar-refractivity contribution in [3.8, 4) is 17.4 Å². The molecule has 0 atom stereocenters. The molecule has 3 N–H and O–H groups in total. The predicted octanol–water partition coefficient (Wildman–Crippen LogP) is 3.41. The van der Waals surface area contributed by atoms with Crippen molar-refractivity contribution in [2.75, 3.05) is 36.9 Å². The lowest BCUT2D eigenvalue weighted by Crippen LogP contribution is -2.36. The Morgan fingerprint density at radius 2 is 2.04 bits per heavy atom. The van der Waals surface area contributed by atoms with Gasteiger partial charge < -0.3 is 24.9 Å². The number of carbonyl (C=O) groups is 1. The number of ether oxygens (including phenoxy) is 1. The first kappa shape index (κ1) is 17.8. The topological polar surface area (TPSA) is 102 Å². The van der Waals surface area contributed by atoms with Crippen LogP contribution < -0.4 is 10.6 Å². The van der Waals surface area contributed by atoms with Crippen LogP contribution in [0.25, 0.3) is 11.5 Å². The maximum Gasteiger partial charge on any atom is 0.282 e. The number of hydrogen-bond donors (Lipinski definition) is 2. The zero-order chi connectivity index (χ0) is 19.0. The number of nitrogens with two attached hydrogens (primary N) is 1. The van der Waals surface area contributed by atoms with Crippen molar-refractivity contribution in [1.29, 1.82) is 0 Å². The Kier molecular flexibility index (Phi) is 4.77. The average Bonchev–Trinajstić information content (AvgIpc) is 3.27. The Labute approximate surface area is 163 Å². The highest BCUT2D eigenvalue weighted by atomic mass is 35.5. The van der Waals surface area contributed by atoms with Gasteiger partial charge in [-0.2, -0.15) is 0 Å². The Morgan fingerprint density at radius 3 is 2.70 bits per heavy atom. The first-order chi connectivity index (χ1) is 13.0. The van der Waals surface area contributed by atoms with E-state index < -0.39 is 0 Å². The average molecular weight is 406 g/mol. The molecule has 1 aromatic carbocycles. The number of ketones is 1. The van der Waals surface area contributed by atoms with Gasteiger partial charge in [-0.3, -0.25) is 4.79 Å². The normalized spacial score (nSPS) is 14.5. The molecule has 0 radical (unpaired) electrons. The van der Waals surface area contributed by atoms with Gasteiger partial charge in [0, 0.05) is 24.7 Å². The van der Waals surface area contributed by atoms with Gasteiger partial charge in [-0.25, -0.2) is 4.98 Å². The number of thiazole rings is 1. The van der Waals surface area contributed by atoms with Crippen LogP contribution in [0.5, 0.6) is 5.95 Å². The molecule has 0 aliphatic carbocycles. The number of carbonyl (C=O) groups excluding carboxylic acids is 1. The lowest BCUT2D eigenvalue weighted by molar-refractivity contribution is 0.104. The summed E-state index contributed by atoms with van der Waals surface area (Å²) in [7, 11) is 0. The Bertz CT molecular complexity index is 994. The third-order valence-electron chi connectivity index (χ3n) is 4.24.